The summed E-state index contributed by atoms with van der Waals surface area (Å²) in [6.45, 7) is 7.10. The summed E-state index contributed by atoms with van der Waals surface area (Å²) in [4.78, 5) is 28.9. The van der Waals surface area contributed by atoms with Gasteiger partial charge in [0.1, 0.15) is 0 Å². The first-order valence-electron chi connectivity index (χ1n) is 11.2. The van der Waals surface area contributed by atoms with Gasteiger partial charge in [0.15, 0.2) is 0 Å². The molecule has 2 amide bonds. The van der Waals surface area contributed by atoms with Gasteiger partial charge in [0.05, 0.1) is 0 Å². The third-order valence-electron chi connectivity index (χ3n) is 6.73. The lowest BCUT2D eigenvalue weighted by molar-refractivity contribution is -0.136. The molecule has 2 atom stereocenters. The van der Waals surface area contributed by atoms with Gasteiger partial charge in [0.25, 0.3) is 0 Å². The number of hydrogen-bond donors (Lipinski definition) is 1. The molecule has 5 nitrogen and oxygen atoms in total. The number of hydrogen-bond acceptors (Lipinski definition) is 3. The quantitative estimate of drug-likeness (QED) is 0.765. The van der Waals surface area contributed by atoms with Crippen LogP contribution in [0, 0.1) is 23.7 Å². The second-order valence-corrected chi connectivity index (χ2v) is 9.06. The Bertz CT molecular complexity index is 668. The van der Waals surface area contributed by atoms with Gasteiger partial charge in [-0.25, -0.2) is 0 Å². The maximum Gasteiger partial charge on any atom is 0.225 e. The van der Waals surface area contributed by atoms with Crippen molar-refractivity contribution in [2.75, 3.05) is 32.8 Å². The maximum atomic E-state index is 12.7. The first-order valence-corrected chi connectivity index (χ1v) is 11.2. The monoisotopic (exact) mass is 400 g/mol. The molecule has 0 aliphatic carbocycles. The number of rotatable bonds is 7. The minimum atomic E-state index is 0.0484. The van der Waals surface area contributed by atoms with Crippen LogP contribution in [0.1, 0.15) is 45.1 Å². The van der Waals surface area contributed by atoms with Crippen molar-refractivity contribution in [3.05, 3.63) is 35.9 Å². The number of aliphatic hydroxyl groups is 1. The van der Waals surface area contributed by atoms with Gasteiger partial charge in [-0.05, 0) is 43.1 Å². The number of piperidine rings is 1. The normalized spacial score (nSPS) is 23.0. The van der Waals surface area contributed by atoms with Crippen molar-refractivity contribution in [1.82, 2.24) is 9.80 Å². The minimum Gasteiger partial charge on any atom is -0.396 e. The molecule has 0 spiro atoms. The average Bonchev–Trinajstić information content (AvgIpc) is 3.18. The molecule has 5 heteroatoms. The van der Waals surface area contributed by atoms with Crippen molar-refractivity contribution in [1.29, 1.82) is 0 Å². The van der Waals surface area contributed by atoms with Crippen LogP contribution in [0.5, 0.6) is 0 Å². The van der Waals surface area contributed by atoms with Gasteiger partial charge in [0.2, 0.25) is 11.8 Å². The maximum absolute atomic E-state index is 12.7. The van der Waals surface area contributed by atoms with Crippen LogP contribution in [0.3, 0.4) is 0 Å². The molecule has 2 aliphatic heterocycles. The lowest BCUT2D eigenvalue weighted by Crippen LogP contribution is -2.43. The molecule has 1 aromatic rings. The smallest absolute Gasteiger partial charge is 0.225 e. The third-order valence-corrected chi connectivity index (χ3v) is 6.73. The summed E-state index contributed by atoms with van der Waals surface area (Å²) in [6, 6.07) is 10.3. The molecule has 0 radical (unpaired) electrons. The number of amides is 2. The van der Waals surface area contributed by atoms with E-state index in [0.717, 1.165) is 45.3 Å². The number of aliphatic hydroxyl groups excluding tert-OH is 1. The van der Waals surface area contributed by atoms with Gasteiger partial charge in [0, 0.05) is 51.0 Å². The lowest BCUT2D eigenvalue weighted by Gasteiger charge is -2.37. The fraction of sp³-hybridized carbons (Fsp3) is 0.667. The van der Waals surface area contributed by atoms with E-state index >= 15 is 0 Å². The molecule has 3 rings (SSSR count). The highest BCUT2D eigenvalue weighted by Gasteiger charge is 2.40. The SMILES string of the molecule is CC(C)C(=O)N1CCC(C2CN(C(=O)CCCc3ccccc3)CC2CO)CC1. The molecule has 0 aromatic heterocycles. The average molecular weight is 401 g/mol. The standard InChI is InChI=1S/C24H36N2O3/c1-18(2)24(29)25-13-11-20(12-14-25)22-16-26(15-21(22)17-27)23(28)10-6-9-19-7-4-3-5-8-19/h3-5,7-8,18,20-22,27H,6,9-17H2,1-2H3. The molecule has 0 bridgehead atoms. The largest absolute Gasteiger partial charge is 0.396 e. The number of carbonyl (C=O) groups excluding carboxylic acids is 2. The molecule has 1 N–H and O–H groups in total. The summed E-state index contributed by atoms with van der Waals surface area (Å²) in [5.74, 6) is 1.52. The Kier molecular flexibility index (Phi) is 7.70. The molecule has 2 heterocycles. The van der Waals surface area contributed by atoms with E-state index in [2.05, 4.69) is 12.1 Å². The van der Waals surface area contributed by atoms with Crippen molar-refractivity contribution in [2.45, 2.75) is 46.0 Å². The first kappa shape index (κ1) is 21.8. The Hall–Kier alpha value is -1.88. The van der Waals surface area contributed by atoms with E-state index in [1.807, 2.05) is 41.8 Å². The van der Waals surface area contributed by atoms with Crippen molar-refractivity contribution >= 4 is 11.8 Å². The summed E-state index contributed by atoms with van der Waals surface area (Å²) in [5, 5.41) is 9.90. The molecule has 2 unspecified atom stereocenters. The fourth-order valence-corrected chi connectivity index (χ4v) is 4.99. The van der Waals surface area contributed by atoms with E-state index in [9.17, 15) is 14.7 Å². The van der Waals surface area contributed by atoms with Gasteiger partial charge in [-0.2, -0.15) is 0 Å². The third kappa shape index (κ3) is 5.59. The molecular formula is C24H36N2O3. The van der Waals surface area contributed by atoms with Crippen molar-refractivity contribution < 1.29 is 14.7 Å². The summed E-state index contributed by atoms with van der Waals surface area (Å²) in [6.07, 6.45) is 4.32. The zero-order chi connectivity index (χ0) is 20.8. The Morgan fingerprint density at radius 2 is 1.76 bits per heavy atom. The molecule has 2 aliphatic rings. The van der Waals surface area contributed by atoms with Crippen LogP contribution in [0.2, 0.25) is 0 Å². The second-order valence-electron chi connectivity index (χ2n) is 9.06. The molecule has 0 saturated carbocycles. The van der Waals surface area contributed by atoms with Crippen molar-refractivity contribution in [3.63, 3.8) is 0 Å². The second kappa shape index (κ2) is 10.2. The molecule has 160 valence electrons. The lowest BCUT2D eigenvalue weighted by atomic mass is 9.78. The molecule has 2 saturated heterocycles. The van der Waals surface area contributed by atoms with E-state index in [-0.39, 0.29) is 30.3 Å². The van der Waals surface area contributed by atoms with E-state index in [1.165, 1.54) is 5.56 Å². The van der Waals surface area contributed by atoms with Crippen molar-refractivity contribution in [3.8, 4) is 0 Å². The van der Waals surface area contributed by atoms with Crippen LogP contribution < -0.4 is 0 Å². The molecule has 2 fully saturated rings. The highest BCUT2D eigenvalue weighted by Crippen LogP contribution is 2.36. The number of aryl methyl sites for hydroxylation is 1. The highest BCUT2D eigenvalue weighted by molar-refractivity contribution is 5.78. The Labute approximate surface area is 175 Å². The molecule has 29 heavy (non-hydrogen) atoms. The predicted octanol–water partition coefficient (Wildman–Crippen LogP) is 2.97. The summed E-state index contributed by atoms with van der Waals surface area (Å²) in [5.41, 5.74) is 1.27. The van der Waals surface area contributed by atoms with Crippen LogP contribution in [0.15, 0.2) is 30.3 Å². The van der Waals surface area contributed by atoms with Crippen LogP contribution in [0.25, 0.3) is 0 Å². The van der Waals surface area contributed by atoms with Gasteiger partial charge in [-0.1, -0.05) is 44.2 Å². The Morgan fingerprint density at radius 1 is 1.07 bits per heavy atom. The summed E-state index contributed by atoms with van der Waals surface area (Å²) in [7, 11) is 0. The van der Waals surface area contributed by atoms with E-state index in [4.69, 9.17) is 0 Å². The Balaban J connectivity index is 1.48. The predicted molar refractivity (Wildman–Crippen MR) is 114 cm³/mol. The Morgan fingerprint density at radius 3 is 2.38 bits per heavy atom. The zero-order valence-corrected chi connectivity index (χ0v) is 17.9. The first-order chi connectivity index (χ1) is 14.0. The van der Waals surface area contributed by atoms with Crippen LogP contribution >= 0.6 is 0 Å². The van der Waals surface area contributed by atoms with Gasteiger partial charge in [-0.3, -0.25) is 9.59 Å². The fourth-order valence-electron chi connectivity index (χ4n) is 4.99. The summed E-state index contributed by atoms with van der Waals surface area (Å²) < 4.78 is 0. The van der Waals surface area contributed by atoms with E-state index in [1.54, 1.807) is 0 Å². The number of likely N-dealkylation sites (tertiary alicyclic amines) is 2. The summed E-state index contributed by atoms with van der Waals surface area (Å²) >= 11 is 0. The number of benzene rings is 1. The molecular weight excluding hydrogens is 364 g/mol. The van der Waals surface area contributed by atoms with Crippen molar-refractivity contribution in [2.24, 2.45) is 23.7 Å². The van der Waals surface area contributed by atoms with Gasteiger partial charge < -0.3 is 14.9 Å². The van der Waals surface area contributed by atoms with Gasteiger partial charge >= 0.3 is 0 Å². The highest BCUT2D eigenvalue weighted by atomic mass is 16.3. The van der Waals surface area contributed by atoms with E-state index in [0.29, 0.717) is 24.8 Å². The number of carbonyl (C=O) groups is 2. The van der Waals surface area contributed by atoms with Gasteiger partial charge in [-0.15, -0.1) is 0 Å². The topological polar surface area (TPSA) is 60.9 Å². The zero-order valence-electron chi connectivity index (χ0n) is 17.9. The molecule has 1 aromatic carbocycles. The van der Waals surface area contributed by atoms with Crippen LogP contribution in [0.4, 0.5) is 0 Å². The van der Waals surface area contributed by atoms with Crippen LogP contribution in [-0.2, 0) is 16.0 Å². The minimum absolute atomic E-state index is 0.0484. The van der Waals surface area contributed by atoms with E-state index < -0.39 is 0 Å². The van der Waals surface area contributed by atoms with Crippen LogP contribution in [-0.4, -0.2) is 59.5 Å². The number of nitrogens with zero attached hydrogens (tertiary/aromatic N) is 2.